The third-order valence-electron chi connectivity index (χ3n) is 13.7. The van der Waals surface area contributed by atoms with Crippen molar-refractivity contribution in [3.8, 4) is 5.75 Å². The van der Waals surface area contributed by atoms with Crippen LogP contribution in [0.25, 0.3) is 0 Å². The summed E-state index contributed by atoms with van der Waals surface area (Å²) < 4.78 is 46.2. The van der Waals surface area contributed by atoms with E-state index in [1.54, 1.807) is 37.6 Å². The fourth-order valence-electron chi connectivity index (χ4n) is 9.22. The summed E-state index contributed by atoms with van der Waals surface area (Å²) in [4.78, 5) is 30.7. The lowest BCUT2D eigenvalue weighted by Crippen LogP contribution is -2.78. The molecule has 312 valence electrons. The van der Waals surface area contributed by atoms with Crippen molar-refractivity contribution in [2.45, 2.75) is 115 Å². The Morgan fingerprint density at radius 2 is 1.67 bits per heavy atom. The summed E-state index contributed by atoms with van der Waals surface area (Å²) in [5, 5.41) is 14.0. The summed E-state index contributed by atoms with van der Waals surface area (Å²) in [5.41, 5.74) is -4.66. The van der Waals surface area contributed by atoms with Gasteiger partial charge >= 0.3 is 5.97 Å². The van der Waals surface area contributed by atoms with Crippen molar-refractivity contribution in [1.82, 2.24) is 0 Å². The van der Waals surface area contributed by atoms with Gasteiger partial charge in [0.05, 0.1) is 50.1 Å². The van der Waals surface area contributed by atoms with Crippen LogP contribution in [0.2, 0.25) is 18.1 Å². The Morgan fingerprint density at radius 3 is 2.21 bits per heavy atom. The normalized spacial score (nSPS) is 33.5. The maximum absolute atomic E-state index is 16.3. The predicted octanol–water partition coefficient (Wildman–Crippen LogP) is 8.64. The molecule has 0 amide bonds. The smallest absolute Gasteiger partial charge is 0.338 e. The minimum absolute atomic E-state index is 0.0765. The number of aliphatic hydroxyl groups is 1. The molecule has 1 saturated heterocycles. The Hall–Kier alpha value is -2.30. The first kappa shape index (κ1) is 44.3. The Morgan fingerprint density at radius 1 is 1.04 bits per heavy atom. The molecule has 14 heteroatoms. The number of ether oxygens (including phenoxy) is 6. The molecule has 2 aromatic rings. The molecule has 9 atom stereocenters. The van der Waals surface area contributed by atoms with Crippen molar-refractivity contribution in [1.29, 1.82) is 0 Å². The number of benzene rings is 2. The van der Waals surface area contributed by atoms with Crippen LogP contribution in [0, 0.1) is 22.7 Å². The van der Waals surface area contributed by atoms with E-state index < -0.39 is 72.6 Å². The number of methoxy groups -OCH3 is 2. The first-order valence-corrected chi connectivity index (χ1v) is 24.7. The second-order valence-corrected chi connectivity index (χ2v) is 25.1. The number of carbonyl (C=O) groups excluding carboxylic acids is 2. The van der Waals surface area contributed by atoms with Gasteiger partial charge in [-0.2, -0.15) is 0 Å². The zero-order valence-electron chi connectivity index (χ0n) is 34.8. The molecule has 1 spiro atoms. The largest absolute Gasteiger partial charge is 0.497 e. The molecule has 0 unspecified atom stereocenters. The van der Waals surface area contributed by atoms with Gasteiger partial charge in [-0.05, 0) is 86.2 Å². The maximum atomic E-state index is 16.3. The van der Waals surface area contributed by atoms with Gasteiger partial charge in [0.2, 0.25) is 4.38 Å². The van der Waals surface area contributed by atoms with E-state index in [1.807, 2.05) is 51.1 Å². The molecule has 4 aliphatic rings. The number of fused-ring (bicyclic) bond motifs is 4. The van der Waals surface area contributed by atoms with E-state index in [-0.39, 0.29) is 27.6 Å². The van der Waals surface area contributed by atoms with Crippen LogP contribution < -0.4 is 4.74 Å². The number of ketones is 1. The first-order chi connectivity index (χ1) is 26.6. The molecule has 3 fully saturated rings. The van der Waals surface area contributed by atoms with E-state index in [0.29, 0.717) is 35.2 Å². The third kappa shape index (κ3) is 7.46. The highest BCUT2D eigenvalue weighted by molar-refractivity contribution is 9.11. The third-order valence-corrected chi connectivity index (χ3v) is 20.1. The standard InChI is InChI=1S/C43H57BrO10S2Si/c1-39(2,3)57(10,11)54-28-21-22-42(24-51-42)33-36(52-37(46)26-15-13-12-14-16-26)43(47)35(53-38(55)56-9)32(49-8)30(44)29(40(43,4)5)31(34(45)41(28,33)6)50-23-25-17-19-27(48-7)20-18-25/h12-20,28-29,31,33,35-36,47H,21-24H2,1-11H3/t28-,29+,31+,33-,35+,36-,41+,42+,43+/m0/s1. The van der Waals surface area contributed by atoms with Crippen LogP contribution in [0.3, 0.4) is 0 Å². The van der Waals surface area contributed by atoms with Crippen molar-refractivity contribution in [3.63, 3.8) is 0 Å². The summed E-state index contributed by atoms with van der Waals surface area (Å²) in [5.74, 6) is -1.78. The van der Waals surface area contributed by atoms with E-state index in [4.69, 9.17) is 45.1 Å². The van der Waals surface area contributed by atoms with Crippen molar-refractivity contribution < 1.29 is 47.5 Å². The van der Waals surface area contributed by atoms with E-state index >= 15 is 4.79 Å². The molecule has 2 bridgehead atoms. The van der Waals surface area contributed by atoms with Crippen LogP contribution >= 0.6 is 39.9 Å². The lowest BCUT2D eigenvalue weighted by molar-refractivity contribution is -0.271. The molecule has 10 nitrogen and oxygen atoms in total. The minimum Gasteiger partial charge on any atom is -0.497 e. The van der Waals surface area contributed by atoms with Gasteiger partial charge in [-0.1, -0.05) is 92.6 Å². The first-order valence-electron chi connectivity index (χ1n) is 19.4. The lowest BCUT2D eigenvalue weighted by atomic mass is 9.45. The molecule has 6 rings (SSSR count). The van der Waals surface area contributed by atoms with Crippen LogP contribution in [0.1, 0.15) is 70.3 Å². The average molecular weight is 906 g/mol. The minimum atomic E-state index is -2.55. The van der Waals surface area contributed by atoms with Gasteiger partial charge in [-0.3, -0.25) is 4.79 Å². The summed E-state index contributed by atoms with van der Waals surface area (Å²) in [6, 6.07) is 16.1. The number of hydrogen-bond donors (Lipinski definition) is 1. The highest BCUT2D eigenvalue weighted by atomic mass is 79.9. The quantitative estimate of drug-likeness (QED) is 0.106. The Balaban J connectivity index is 1.66. The van der Waals surface area contributed by atoms with Crippen molar-refractivity contribution in [2.75, 3.05) is 27.1 Å². The van der Waals surface area contributed by atoms with Crippen LogP contribution in [0.5, 0.6) is 5.75 Å². The summed E-state index contributed by atoms with van der Waals surface area (Å²) in [7, 11) is 0.535. The van der Waals surface area contributed by atoms with E-state index in [9.17, 15) is 9.90 Å². The monoisotopic (exact) mass is 904 g/mol. The van der Waals surface area contributed by atoms with Gasteiger partial charge in [0.15, 0.2) is 25.8 Å². The summed E-state index contributed by atoms with van der Waals surface area (Å²) in [6.45, 7) is 16.8. The van der Waals surface area contributed by atoms with Gasteiger partial charge < -0.3 is 38.0 Å². The number of esters is 1. The Bertz CT molecular complexity index is 1880. The lowest BCUT2D eigenvalue weighted by Gasteiger charge is -2.64. The Kier molecular flexibility index (Phi) is 12.4. The topological polar surface area (TPSA) is 122 Å². The number of thioether (sulfide) groups is 1. The number of hydrogen-bond acceptors (Lipinski definition) is 12. The number of rotatable bonds is 10. The number of halogens is 1. The second-order valence-electron chi connectivity index (χ2n) is 18.0. The van der Waals surface area contributed by atoms with E-state index in [2.05, 4.69) is 49.8 Å². The maximum Gasteiger partial charge on any atom is 0.338 e. The van der Waals surface area contributed by atoms with E-state index in [0.717, 1.165) is 5.56 Å². The number of thiocarbonyl (C=S) groups is 1. The second kappa shape index (κ2) is 15.9. The van der Waals surface area contributed by atoms with Gasteiger partial charge in [0, 0.05) is 21.7 Å². The van der Waals surface area contributed by atoms with Gasteiger partial charge in [-0.25, -0.2) is 4.79 Å². The van der Waals surface area contributed by atoms with Crippen LogP contribution in [0.4, 0.5) is 0 Å². The number of epoxide rings is 1. The van der Waals surface area contributed by atoms with Crippen LogP contribution in [-0.2, 0) is 39.5 Å². The van der Waals surface area contributed by atoms with E-state index in [1.165, 1.54) is 18.9 Å². The SMILES string of the molecule is COC1=C(Br)[C@@H]2[C@@H](OCc3ccc(OC)cc3)C(=O)[C@]3(C)[C@@H](O[Si](C)(C)C(C)(C)C)CC[C@@]4(CO4)[C@H]3[C@H](OC(=O)c3ccccc3)[C@](O)([C@@H]1OC(=S)SC)C2(C)C. The fraction of sp³-hybridized carbons (Fsp3) is 0.605. The molecular weight excluding hydrogens is 849 g/mol. The average Bonchev–Trinajstić information content (AvgIpc) is 3.94. The zero-order chi connectivity index (χ0) is 41.9. The Labute approximate surface area is 356 Å². The van der Waals surface area contributed by atoms with Crippen LogP contribution in [0.15, 0.2) is 64.8 Å². The number of carbonyl (C=O) groups is 2. The fourth-order valence-corrected chi connectivity index (χ4v) is 12.1. The molecule has 3 aliphatic carbocycles. The molecule has 0 radical (unpaired) electrons. The number of Topliss-reactive ketones (excluding diaryl/α,β-unsaturated/α-hetero) is 1. The molecule has 0 aromatic heterocycles. The van der Waals surface area contributed by atoms with Gasteiger partial charge in [0.1, 0.15) is 23.7 Å². The molecule has 1 aliphatic heterocycles. The summed E-state index contributed by atoms with van der Waals surface area (Å²) in [6.07, 6.45) is -1.66. The highest BCUT2D eigenvalue weighted by Crippen LogP contribution is 2.67. The molecular formula is C43H57BrO10S2Si. The van der Waals surface area contributed by atoms with Crippen molar-refractivity contribution >= 4 is 64.4 Å². The molecule has 1 heterocycles. The van der Waals surface area contributed by atoms with Gasteiger partial charge in [0.25, 0.3) is 0 Å². The predicted molar refractivity (Wildman–Crippen MR) is 230 cm³/mol. The molecule has 57 heavy (non-hydrogen) atoms. The highest BCUT2D eigenvalue weighted by Gasteiger charge is 2.79. The van der Waals surface area contributed by atoms with Crippen LogP contribution in [-0.4, -0.2) is 92.3 Å². The van der Waals surface area contributed by atoms with Crippen molar-refractivity contribution in [3.05, 3.63) is 76.0 Å². The summed E-state index contributed by atoms with van der Waals surface area (Å²) >= 11 is 10.8. The zero-order valence-corrected chi connectivity index (χ0v) is 39.0. The van der Waals surface area contributed by atoms with Crippen molar-refractivity contribution in [2.24, 2.45) is 22.7 Å². The van der Waals surface area contributed by atoms with Gasteiger partial charge in [-0.15, -0.1) is 0 Å². The molecule has 2 aromatic carbocycles. The molecule has 2 saturated carbocycles. The molecule has 1 N–H and O–H groups in total.